The summed E-state index contributed by atoms with van der Waals surface area (Å²) in [6.07, 6.45) is 7.98. The number of nitrogens with one attached hydrogen (secondary N) is 1. The third kappa shape index (κ3) is 5.06. The minimum atomic E-state index is 0.110. The number of benzene rings is 1. The number of hydrogen-bond donors (Lipinski definition) is 1. The fourth-order valence-electron chi connectivity index (χ4n) is 3.22. The molecule has 114 valence electrons. The topological polar surface area (TPSA) is 45.0 Å². The van der Waals surface area contributed by atoms with Gasteiger partial charge in [0, 0.05) is 18.2 Å². The van der Waals surface area contributed by atoms with E-state index in [-0.39, 0.29) is 6.61 Å². The van der Waals surface area contributed by atoms with Crippen molar-refractivity contribution in [3.8, 4) is 11.8 Å². The SMILES string of the molecule is CCCC1CCC(NCc2ccccc2OCC#N)CC1. The largest absolute Gasteiger partial charge is 0.478 e. The standard InChI is InChI=1S/C18H26N2O/c1-2-5-15-8-10-17(11-9-15)20-14-16-6-3-4-7-18(16)21-13-12-19/h3-4,6-7,15,17,20H,2,5,8-11,13-14H2,1H3. The zero-order valence-electron chi connectivity index (χ0n) is 13.0. The van der Waals surface area contributed by atoms with Crippen LogP contribution in [-0.2, 0) is 6.54 Å². The molecule has 0 bridgehead atoms. The molecule has 0 atom stereocenters. The van der Waals surface area contributed by atoms with Crippen LogP contribution in [0.15, 0.2) is 24.3 Å². The van der Waals surface area contributed by atoms with Crippen LogP contribution in [0.5, 0.6) is 5.75 Å². The second-order valence-corrected chi connectivity index (χ2v) is 5.94. The Hall–Kier alpha value is -1.53. The molecule has 21 heavy (non-hydrogen) atoms. The molecular weight excluding hydrogens is 260 g/mol. The quantitative estimate of drug-likeness (QED) is 0.823. The molecule has 0 radical (unpaired) electrons. The van der Waals surface area contributed by atoms with Crippen LogP contribution in [-0.4, -0.2) is 12.6 Å². The van der Waals surface area contributed by atoms with Crippen LogP contribution in [0.25, 0.3) is 0 Å². The van der Waals surface area contributed by atoms with E-state index in [4.69, 9.17) is 10.00 Å². The first kappa shape index (κ1) is 15.9. The lowest BCUT2D eigenvalue weighted by molar-refractivity contribution is 0.276. The summed E-state index contributed by atoms with van der Waals surface area (Å²) in [7, 11) is 0. The van der Waals surface area contributed by atoms with Crippen molar-refractivity contribution in [2.75, 3.05) is 6.61 Å². The lowest BCUT2D eigenvalue weighted by Crippen LogP contribution is -2.32. The number of hydrogen-bond acceptors (Lipinski definition) is 3. The third-order valence-corrected chi connectivity index (χ3v) is 4.39. The number of para-hydroxylation sites is 1. The van der Waals surface area contributed by atoms with E-state index in [0.29, 0.717) is 6.04 Å². The van der Waals surface area contributed by atoms with Gasteiger partial charge < -0.3 is 10.1 Å². The Labute approximate surface area is 128 Å². The molecular formula is C18H26N2O. The zero-order chi connectivity index (χ0) is 14.9. The van der Waals surface area contributed by atoms with Crippen molar-refractivity contribution in [3.63, 3.8) is 0 Å². The van der Waals surface area contributed by atoms with Crippen LogP contribution in [0.3, 0.4) is 0 Å². The molecule has 1 N–H and O–H groups in total. The Morgan fingerprint density at radius 1 is 1.24 bits per heavy atom. The van der Waals surface area contributed by atoms with Crippen molar-refractivity contribution >= 4 is 0 Å². The molecule has 0 aromatic heterocycles. The second-order valence-electron chi connectivity index (χ2n) is 5.94. The summed E-state index contributed by atoms with van der Waals surface area (Å²) in [6, 6.07) is 10.6. The summed E-state index contributed by atoms with van der Waals surface area (Å²) in [4.78, 5) is 0. The van der Waals surface area contributed by atoms with Crippen molar-refractivity contribution in [2.45, 2.75) is 58.0 Å². The third-order valence-electron chi connectivity index (χ3n) is 4.39. The molecule has 0 amide bonds. The van der Waals surface area contributed by atoms with Gasteiger partial charge in [0.25, 0.3) is 0 Å². The summed E-state index contributed by atoms with van der Waals surface area (Å²) in [6.45, 7) is 3.21. The van der Waals surface area contributed by atoms with Gasteiger partial charge in [0.2, 0.25) is 0 Å². The van der Waals surface area contributed by atoms with Crippen molar-refractivity contribution in [3.05, 3.63) is 29.8 Å². The van der Waals surface area contributed by atoms with Gasteiger partial charge in [-0.1, -0.05) is 38.0 Å². The average Bonchev–Trinajstić information content (AvgIpc) is 2.53. The highest BCUT2D eigenvalue weighted by Gasteiger charge is 2.20. The lowest BCUT2D eigenvalue weighted by atomic mass is 9.83. The Kier molecular flexibility index (Phi) is 6.56. The van der Waals surface area contributed by atoms with E-state index in [2.05, 4.69) is 18.3 Å². The lowest BCUT2D eigenvalue weighted by Gasteiger charge is -2.29. The summed E-state index contributed by atoms with van der Waals surface area (Å²) in [5, 5.41) is 12.3. The van der Waals surface area contributed by atoms with Crippen LogP contribution < -0.4 is 10.1 Å². The maximum Gasteiger partial charge on any atom is 0.174 e. The van der Waals surface area contributed by atoms with Gasteiger partial charge in [0.1, 0.15) is 11.8 Å². The monoisotopic (exact) mass is 286 g/mol. The first-order valence-electron chi connectivity index (χ1n) is 8.14. The maximum absolute atomic E-state index is 8.63. The van der Waals surface area contributed by atoms with Crippen molar-refractivity contribution < 1.29 is 4.74 Å². The highest BCUT2D eigenvalue weighted by molar-refractivity contribution is 5.33. The fraction of sp³-hybridized carbons (Fsp3) is 0.611. The molecule has 0 spiro atoms. The molecule has 3 nitrogen and oxygen atoms in total. The van der Waals surface area contributed by atoms with E-state index >= 15 is 0 Å². The molecule has 1 fully saturated rings. The van der Waals surface area contributed by atoms with Gasteiger partial charge in [0.05, 0.1) is 0 Å². The molecule has 2 rings (SSSR count). The van der Waals surface area contributed by atoms with Gasteiger partial charge in [-0.3, -0.25) is 0 Å². The summed E-state index contributed by atoms with van der Waals surface area (Å²) in [5.74, 6) is 1.77. The molecule has 1 aliphatic carbocycles. The Balaban J connectivity index is 1.80. The Bertz CT molecular complexity index is 459. The second kappa shape index (κ2) is 8.69. The van der Waals surface area contributed by atoms with E-state index in [9.17, 15) is 0 Å². The minimum Gasteiger partial charge on any atom is -0.478 e. The van der Waals surface area contributed by atoms with Crippen LogP contribution in [0.4, 0.5) is 0 Å². The smallest absolute Gasteiger partial charge is 0.174 e. The number of nitrogens with zero attached hydrogens (tertiary/aromatic N) is 1. The fourth-order valence-corrected chi connectivity index (χ4v) is 3.22. The molecule has 0 saturated heterocycles. The molecule has 1 aromatic carbocycles. The number of ether oxygens (including phenoxy) is 1. The molecule has 1 aromatic rings. The highest BCUT2D eigenvalue weighted by Crippen LogP contribution is 2.28. The van der Waals surface area contributed by atoms with Crippen LogP contribution >= 0.6 is 0 Å². The van der Waals surface area contributed by atoms with Gasteiger partial charge in [-0.2, -0.15) is 5.26 Å². The number of nitriles is 1. The normalized spacial score (nSPS) is 21.7. The van der Waals surface area contributed by atoms with Crippen LogP contribution in [0, 0.1) is 17.2 Å². The van der Waals surface area contributed by atoms with E-state index in [1.807, 2.05) is 24.3 Å². The first-order valence-corrected chi connectivity index (χ1v) is 8.14. The van der Waals surface area contributed by atoms with Gasteiger partial charge in [-0.05, 0) is 37.7 Å². The van der Waals surface area contributed by atoms with Crippen molar-refractivity contribution in [1.82, 2.24) is 5.32 Å². The molecule has 0 heterocycles. The van der Waals surface area contributed by atoms with E-state index in [0.717, 1.165) is 23.8 Å². The number of rotatable bonds is 7. The molecule has 3 heteroatoms. The maximum atomic E-state index is 8.63. The van der Waals surface area contributed by atoms with Gasteiger partial charge in [-0.15, -0.1) is 0 Å². The first-order chi connectivity index (χ1) is 10.3. The molecule has 0 unspecified atom stereocenters. The molecule has 0 aliphatic heterocycles. The predicted molar refractivity (Wildman–Crippen MR) is 85.0 cm³/mol. The van der Waals surface area contributed by atoms with Gasteiger partial charge >= 0.3 is 0 Å². The minimum absolute atomic E-state index is 0.110. The summed E-state index contributed by atoms with van der Waals surface area (Å²) >= 11 is 0. The van der Waals surface area contributed by atoms with E-state index in [1.165, 1.54) is 38.5 Å². The van der Waals surface area contributed by atoms with Crippen LogP contribution in [0.2, 0.25) is 0 Å². The predicted octanol–water partition coefficient (Wildman–Crippen LogP) is 4.04. The average molecular weight is 286 g/mol. The van der Waals surface area contributed by atoms with E-state index in [1.54, 1.807) is 0 Å². The van der Waals surface area contributed by atoms with E-state index < -0.39 is 0 Å². The molecule has 1 aliphatic rings. The Morgan fingerprint density at radius 2 is 2.00 bits per heavy atom. The zero-order valence-corrected chi connectivity index (χ0v) is 13.0. The van der Waals surface area contributed by atoms with Crippen LogP contribution in [0.1, 0.15) is 51.0 Å². The molecule has 1 saturated carbocycles. The van der Waals surface area contributed by atoms with Gasteiger partial charge in [0.15, 0.2) is 6.61 Å². The van der Waals surface area contributed by atoms with Crippen molar-refractivity contribution in [1.29, 1.82) is 5.26 Å². The van der Waals surface area contributed by atoms with Crippen molar-refractivity contribution in [2.24, 2.45) is 5.92 Å². The summed E-state index contributed by atoms with van der Waals surface area (Å²) in [5.41, 5.74) is 1.14. The highest BCUT2D eigenvalue weighted by atomic mass is 16.5. The summed E-state index contributed by atoms with van der Waals surface area (Å²) < 4.78 is 5.47. The Morgan fingerprint density at radius 3 is 2.71 bits per heavy atom. The van der Waals surface area contributed by atoms with Gasteiger partial charge in [-0.25, -0.2) is 0 Å².